The van der Waals surface area contributed by atoms with Gasteiger partial charge in [-0.1, -0.05) is 55.4 Å². The van der Waals surface area contributed by atoms with E-state index in [1.165, 1.54) is 0 Å². The van der Waals surface area contributed by atoms with Gasteiger partial charge in [-0.05, 0) is 91.4 Å². The molecule has 0 saturated heterocycles. The van der Waals surface area contributed by atoms with Gasteiger partial charge < -0.3 is 40.1 Å². The lowest BCUT2D eigenvalue weighted by atomic mass is 10.5. The van der Waals surface area contributed by atoms with Crippen LogP contribution >= 0.6 is 0 Å². The van der Waals surface area contributed by atoms with Gasteiger partial charge in [0.1, 0.15) is 0 Å². The Hall–Kier alpha value is 0.508. The van der Waals surface area contributed by atoms with E-state index in [-0.39, 0.29) is 46.6 Å². The van der Waals surface area contributed by atoms with Gasteiger partial charge in [-0.15, -0.1) is 0 Å². The van der Waals surface area contributed by atoms with Crippen molar-refractivity contribution in [3.63, 3.8) is 0 Å². The summed E-state index contributed by atoms with van der Waals surface area (Å²) < 4.78 is 61.7. The zero-order valence-electron chi connectivity index (χ0n) is 32.5. The first-order chi connectivity index (χ1) is 20.7. The van der Waals surface area contributed by atoms with E-state index in [2.05, 4.69) is 83.1 Å². The molecule has 13 heteroatoms. The smallest absolute Gasteiger partial charge is 0.358 e. The van der Waals surface area contributed by atoms with Gasteiger partial charge in [-0.2, -0.15) is 0 Å². The third kappa shape index (κ3) is 14.5. The molecule has 0 aromatic heterocycles. The molecule has 0 N–H and O–H groups in total. The molecule has 9 nitrogen and oxygen atoms in total. The van der Waals surface area contributed by atoms with E-state index in [4.69, 9.17) is 40.1 Å². The average molecular weight is 715 g/mol. The monoisotopic (exact) mass is 714 g/mol. The van der Waals surface area contributed by atoms with Crippen molar-refractivity contribution in [2.45, 2.75) is 171 Å². The second-order valence-electron chi connectivity index (χ2n) is 14.5. The van der Waals surface area contributed by atoms with E-state index >= 15 is 0 Å². The van der Waals surface area contributed by atoms with Gasteiger partial charge in [0.15, 0.2) is 0 Å². The lowest BCUT2D eigenvalue weighted by Crippen LogP contribution is -2.71. The van der Waals surface area contributed by atoms with Gasteiger partial charge in [0.05, 0.1) is 49.3 Å². The highest BCUT2D eigenvalue weighted by molar-refractivity contribution is 6.91. The molecule has 0 aliphatic heterocycles. The first-order valence-corrected chi connectivity index (χ1v) is 25.9. The van der Waals surface area contributed by atoms with Crippen LogP contribution in [0.15, 0.2) is 0 Å². The van der Waals surface area contributed by atoms with Crippen molar-refractivity contribution in [1.29, 1.82) is 0 Å². The summed E-state index contributed by atoms with van der Waals surface area (Å²) in [5.41, 5.74) is 0.256. The quantitative estimate of drug-likeness (QED) is 0.0821. The van der Waals surface area contributed by atoms with Crippen molar-refractivity contribution < 1.29 is 40.1 Å². The zero-order chi connectivity index (χ0) is 35.2. The molecule has 0 saturated carbocycles. The van der Waals surface area contributed by atoms with Crippen molar-refractivity contribution in [1.82, 2.24) is 0 Å². The molecule has 0 fully saturated rings. The average Bonchev–Trinajstić information content (AvgIpc) is 2.91. The molecule has 0 aromatic carbocycles. The Bertz CT molecular complexity index is 726. The van der Waals surface area contributed by atoms with Crippen molar-refractivity contribution >= 4 is 34.2 Å². The van der Waals surface area contributed by atoms with Crippen molar-refractivity contribution in [2.75, 3.05) is 38.1 Å². The fourth-order valence-corrected chi connectivity index (χ4v) is 25.6. The summed E-state index contributed by atoms with van der Waals surface area (Å²) in [5, 5.41) is 0. The van der Waals surface area contributed by atoms with E-state index in [1.54, 1.807) is 0 Å². The maximum absolute atomic E-state index is 7.75. The van der Waals surface area contributed by atoms with E-state index in [0.717, 1.165) is 0 Å². The van der Waals surface area contributed by atoms with Gasteiger partial charge >= 0.3 is 34.2 Å². The van der Waals surface area contributed by atoms with Gasteiger partial charge in [-0.25, -0.2) is 0 Å². The minimum atomic E-state index is -3.30. The Morgan fingerprint density at radius 1 is 0.333 bits per heavy atom. The largest absolute Gasteiger partial charge is 0.412 e. The maximum atomic E-state index is 7.75. The SMILES string of the molecule is CCO[Si](COC(C)C)(O[Si](COC(C)C)(O[Si](COC(C)C)(O[Si](COC(C)C)(OCC)C(C)C)C(C)C)C(C)C)C(C)C. The number of hydrogen-bond acceptors (Lipinski definition) is 9. The minimum absolute atomic E-state index is 0.00751. The maximum Gasteiger partial charge on any atom is 0.358 e. The number of hydrogen-bond donors (Lipinski definition) is 0. The summed E-state index contributed by atoms with van der Waals surface area (Å²) in [6.45, 7) is 39.0. The summed E-state index contributed by atoms with van der Waals surface area (Å²) in [4.78, 5) is 0. The highest BCUT2D eigenvalue weighted by Gasteiger charge is 2.62. The third-order valence-electron chi connectivity index (χ3n) is 7.80. The molecular formula is C32H74O9Si4. The minimum Gasteiger partial charge on any atom is -0.412 e. The van der Waals surface area contributed by atoms with Crippen LogP contribution in [0.4, 0.5) is 0 Å². The first kappa shape index (κ1) is 45.5. The predicted molar refractivity (Wildman–Crippen MR) is 194 cm³/mol. The second-order valence-corrected chi connectivity index (χ2v) is 29.8. The van der Waals surface area contributed by atoms with Crippen LogP contribution in [0.25, 0.3) is 0 Å². The summed E-state index contributed by atoms with van der Waals surface area (Å²) in [5.74, 6) is 0. The van der Waals surface area contributed by atoms with Crippen LogP contribution in [0.2, 0.25) is 22.2 Å². The Morgan fingerprint density at radius 2 is 0.533 bits per heavy atom. The molecule has 0 spiro atoms. The van der Waals surface area contributed by atoms with E-state index in [9.17, 15) is 0 Å². The molecule has 4 unspecified atom stereocenters. The van der Waals surface area contributed by atoms with E-state index in [1.807, 2.05) is 41.5 Å². The van der Waals surface area contributed by atoms with Crippen molar-refractivity contribution in [3.8, 4) is 0 Å². The normalized spacial score (nSPS) is 18.5. The van der Waals surface area contributed by atoms with Crippen LogP contribution in [0.3, 0.4) is 0 Å². The standard InChI is InChI=1S/C32H74O9Si4/c1-19-37-42(29(11)12,21-33-25(3)4)39-44(31(15)16,23-35-27(7)8)41-45(32(17)18,24-36-28(9)10)40-43(30(13)14,38-20-2)22-34-26(5)6/h25-32H,19-24H2,1-18H3. The predicted octanol–water partition coefficient (Wildman–Crippen LogP) is 8.37. The Balaban J connectivity index is 7.61. The summed E-state index contributed by atoms with van der Waals surface area (Å²) in [6.07, 6.45) is 1.58. The molecule has 272 valence electrons. The molecule has 0 heterocycles. The molecule has 0 aliphatic rings. The van der Waals surface area contributed by atoms with Crippen molar-refractivity contribution in [3.05, 3.63) is 0 Å². The highest BCUT2D eigenvalue weighted by Crippen LogP contribution is 2.41. The molecular weight excluding hydrogens is 641 g/mol. The summed E-state index contributed by atoms with van der Waals surface area (Å²) >= 11 is 0. The number of rotatable bonds is 26. The summed E-state index contributed by atoms with van der Waals surface area (Å²) in [6, 6.07) is 0. The zero-order valence-corrected chi connectivity index (χ0v) is 36.5. The van der Waals surface area contributed by atoms with Gasteiger partial charge in [-0.3, -0.25) is 0 Å². The van der Waals surface area contributed by atoms with Gasteiger partial charge in [0.25, 0.3) is 0 Å². The van der Waals surface area contributed by atoms with Crippen LogP contribution in [-0.2, 0) is 40.1 Å². The second kappa shape index (κ2) is 20.9. The number of ether oxygens (including phenoxy) is 4. The van der Waals surface area contributed by atoms with Crippen LogP contribution < -0.4 is 0 Å². The first-order valence-electron chi connectivity index (χ1n) is 17.5. The van der Waals surface area contributed by atoms with Gasteiger partial charge in [0.2, 0.25) is 0 Å². The van der Waals surface area contributed by atoms with E-state index in [0.29, 0.717) is 38.1 Å². The molecule has 0 rings (SSSR count). The Kier molecular flexibility index (Phi) is 21.1. The van der Waals surface area contributed by atoms with Crippen molar-refractivity contribution in [2.24, 2.45) is 0 Å². The molecule has 0 aromatic rings. The van der Waals surface area contributed by atoms with Crippen LogP contribution in [0.5, 0.6) is 0 Å². The fraction of sp³-hybridized carbons (Fsp3) is 1.00. The fourth-order valence-electron chi connectivity index (χ4n) is 4.57. The lowest BCUT2D eigenvalue weighted by molar-refractivity contribution is 0.0500. The molecule has 0 bridgehead atoms. The Morgan fingerprint density at radius 3 is 0.711 bits per heavy atom. The summed E-state index contributed by atoms with van der Waals surface area (Å²) in [7, 11) is -12.6. The van der Waals surface area contributed by atoms with E-state index < -0.39 is 34.2 Å². The molecule has 45 heavy (non-hydrogen) atoms. The highest BCUT2D eigenvalue weighted by atomic mass is 28.5. The third-order valence-corrected chi connectivity index (χ3v) is 27.0. The van der Waals surface area contributed by atoms with Crippen LogP contribution in [0, 0.1) is 0 Å². The molecule has 0 radical (unpaired) electrons. The molecule has 4 atom stereocenters. The molecule has 0 aliphatic carbocycles. The molecule has 0 amide bonds. The van der Waals surface area contributed by atoms with Crippen LogP contribution in [0.1, 0.15) is 125 Å². The Labute approximate surface area is 283 Å². The lowest BCUT2D eigenvalue weighted by Gasteiger charge is -2.51. The van der Waals surface area contributed by atoms with Crippen LogP contribution in [-0.4, -0.2) is 96.8 Å². The van der Waals surface area contributed by atoms with Gasteiger partial charge in [0, 0.05) is 13.2 Å². The topological polar surface area (TPSA) is 83.1 Å².